The molecule has 29 heavy (non-hydrogen) atoms. The van der Waals surface area contributed by atoms with E-state index in [9.17, 15) is 4.79 Å². The van der Waals surface area contributed by atoms with Gasteiger partial charge in [-0.15, -0.1) is 0 Å². The highest BCUT2D eigenvalue weighted by atomic mass is 16.5. The molecule has 0 saturated carbocycles. The molecule has 0 bridgehead atoms. The Kier molecular flexibility index (Phi) is 5.91. The highest BCUT2D eigenvalue weighted by Gasteiger charge is 2.18. The van der Waals surface area contributed by atoms with Crippen LogP contribution in [0.5, 0.6) is 5.75 Å². The normalized spacial score (nSPS) is 14.7. The van der Waals surface area contributed by atoms with E-state index in [1.54, 1.807) is 23.0 Å². The fraction of sp³-hybridized carbons (Fsp3) is 0.304. The molecule has 6 nitrogen and oxygen atoms in total. The topological polar surface area (TPSA) is 59.4 Å². The SMILES string of the molecule is CNC1CCN(c2ccc(-n3ccc(OCc4ccccc4)cc3=O)cn2)CC1. The molecule has 150 valence electrons. The van der Waals surface area contributed by atoms with E-state index in [0.29, 0.717) is 18.4 Å². The maximum atomic E-state index is 12.5. The lowest BCUT2D eigenvalue weighted by molar-refractivity contribution is 0.305. The summed E-state index contributed by atoms with van der Waals surface area (Å²) in [5.41, 5.74) is 1.67. The van der Waals surface area contributed by atoms with Crippen LogP contribution in [0.4, 0.5) is 5.82 Å². The zero-order chi connectivity index (χ0) is 20.1. The van der Waals surface area contributed by atoms with Crippen LogP contribution in [0.1, 0.15) is 18.4 Å². The van der Waals surface area contributed by atoms with Gasteiger partial charge in [0.2, 0.25) is 0 Å². The van der Waals surface area contributed by atoms with Gasteiger partial charge in [-0.25, -0.2) is 4.98 Å². The average molecular weight is 390 g/mol. The first kappa shape index (κ1) is 19.2. The van der Waals surface area contributed by atoms with Crippen molar-refractivity contribution < 1.29 is 4.74 Å². The maximum absolute atomic E-state index is 12.5. The van der Waals surface area contributed by atoms with Gasteiger partial charge in [-0.2, -0.15) is 0 Å². The van der Waals surface area contributed by atoms with Crippen molar-refractivity contribution >= 4 is 5.82 Å². The van der Waals surface area contributed by atoms with Gasteiger partial charge in [-0.3, -0.25) is 9.36 Å². The summed E-state index contributed by atoms with van der Waals surface area (Å²) in [5, 5.41) is 3.34. The first-order chi connectivity index (χ1) is 14.2. The number of hydrogen-bond donors (Lipinski definition) is 1. The monoisotopic (exact) mass is 390 g/mol. The van der Waals surface area contributed by atoms with Crippen molar-refractivity contribution in [3.63, 3.8) is 0 Å². The molecule has 0 radical (unpaired) electrons. The minimum atomic E-state index is -0.139. The van der Waals surface area contributed by atoms with Crippen molar-refractivity contribution in [1.82, 2.24) is 14.9 Å². The second-order valence-corrected chi connectivity index (χ2v) is 7.27. The molecule has 3 heterocycles. The lowest BCUT2D eigenvalue weighted by Gasteiger charge is -2.32. The number of nitrogens with one attached hydrogen (secondary N) is 1. The molecule has 6 heteroatoms. The number of hydrogen-bond acceptors (Lipinski definition) is 5. The van der Waals surface area contributed by atoms with Gasteiger partial charge in [0.1, 0.15) is 18.2 Å². The van der Waals surface area contributed by atoms with Crippen LogP contribution in [0.25, 0.3) is 5.69 Å². The summed E-state index contributed by atoms with van der Waals surface area (Å²) in [6, 6.07) is 17.7. The second-order valence-electron chi connectivity index (χ2n) is 7.27. The maximum Gasteiger partial charge on any atom is 0.258 e. The zero-order valence-corrected chi connectivity index (χ0v) is 16.6. The van der Waals surface area contributed by atoms with E-state index in [1.807, 2.05) is 49.5 Å². The third-order valence-electron chi connectivity index (χ3n) is 5.38. The fourth-order valence-corrected chi connectivity index (χ4v) is 3.61. The van der Waals surface area contributed by atoms with Gasteiger partial charge >= 0.3 is 0 Å². The first-order valence-corrected chi connectivity index (χ1v) is 10.0. The number of benzene rings is 1. The van der Waals surface area contributed by atoms with E-state index in [4.69, 9.17) is 4.74 Å². The van der Waals surface area contributed by atoms with Crippen molar-refractivity contribution in [2.24, 2.45) is 0 Å². The Balaban J connectivity index is 1.42. The van der Waals surface area contributed by atoms with E-state index in [1.165, 1.54) is 6.07 Å². The van der Waals surface area contributed by atoms with Crippen LogP contribution in [-0.4, -0.2) is 35.7 Å². The molecule has 1 N–H and O–H groups in total. The Morgan fingerprint density at radius 2 is 1.90 bits per heavy atom. The van der Waals surface area contributed by atoms with Crippen LogP contribution < -0.4 is 20.5 Å². The molecule has 0 aliphatic carbocycles. The predicted molar refractivity (Wildman–Crippen MR) is 115 cm³/mol. The van der Waals surface area contributed by atoms with Gasteiger partial charge in [-0.1, -0.05) is 30.3 Å². The first-order valence-electron chi connectivity index (χ1n) is 10.0. The molecule has 2 aromatic heterocycles. The van der Waals surface area contributed by atoms with Crippen LogP contribution in [0.15, 0.2) is 71.8 Å². The Hall–Kier alpha value is -3.12. The third-order valence-corrected chi connectivity index (χ3v) is 5.38. The van der Waals surface area contributed by atoms with Crippen LogP contribution in [0, 0.1) is 0 Å². The standard InChI is InChI=1S/C23H26N4O2/c1-24-19-9-12-26(13-10-19)22-8-7-20(16-25-22)27-14-11-21(15-23(27)28)29-17-18-5-3-2-4-6-18/h2-8,11,14-16,19,24H,9-10,12-13,17H2,1H3. The number of nitrogens with zero attached hydrogens (tertiary/aromatic N) is 3. The van der Waals surface area contributed by atoms with Crippen molar-refractivity contribution in [1.29, 1.82) is 0 Å². The van der Waals surface area contributed by atoms with Crippen molar-refractivity contribution in [3.05, 3.63) is 82.9 Å². The number of aromatic nitrogens is 2. The van der Waals surface area contributed by atoms with Gasteiger partial charge < -0.3 is 15.0 Å². The molecular formula is C23H26N4O2. The third kappa shape index (κ3) is 4.66. The zero-order valence-electron chi connectivity index (χ0n) is 16.6. The van der Waals surface area contributed by atoms with Crippen LogP contribution in [-0.2, 0) is 6.61 Å². The summed E-state index contributed by atoms with van der Waals surface area (Å²) >= 11 is 0. The molecule has 1 saturated heterocycles. The van der Waals surface area contributed by atoms with E-state index >= 15 is 0 Å². The molecule has 1 aliphatic rings. The predicted octanol–water partition coefficient (Wildman–Crippen LogP) is 3.00. The van der Waals surface area contributed by atoms with Crippen molar-refractivity contribution in [2.45, 2.75) is 25.5 Å². The van der Waals surface area contributed by atoms with Gasteiger partial charge in [0.15, 0.2) is 0 Å². The van der Waals surface area contributed by atoms with Crippen molar-refractivity contribution in [2.75, 3.05) is 25.0 Å². The molecule has 3 aromatic rings. The molecule has 0 amide bonds. The molecule has 1 aliphatic heterocycles. The minimum absolute atomic E-state index is 0.139. The molecule has 0 atom stereocenters. The lowest BCUT2D eigenvalue weighted by atomic mass is 10.1. The van der Waals surface area contributed by atoms with Crippen LogP contribution in [0.3, 0.4) is 0 Å². The summed E-state index contributed by atoms with van der Waals surface area (Å²) in [6.45, 7) is 2.42. The number of ether oxygens (including phenoxy) is 1. The Bertz CT molecular complexity index is 978. The summed E-state index contributed by atoms with van der Waals surface area (Å²) in [7, 11) is 2.02. The lowest BCUT2D eigenvalue weighted by Crippen LogP contribution is -2.41. The number of pyridine rings is 2. The van der Waals surface area contributed by atoms with Gasteiger partial charge in [0.25, 0.3) is 5.56 Å². The quantitative estimate of drug-likeness (QED) is 0.701. The largest absolute Gasteiger partial charge is 0.489 e. The van der Waals surface area contributed by atoms with Crippen LogP contribution >= 0.6 is 0 Å². The number of piperidine rings is 1. The number of rotatable bonds is 6. The minimum Gasteiger partial charge on any atom is -0.489 e. The Morgan fingerprint density at radius 3 is 2.55 bits per heavy atom. The molecule has 1 aromatic carbocycles. The van der Waals surface area contributed by atoms with E-state index in [-0.39, 0.29) is 5.56 Å². The molecule has 4 rings (SSSR count). The molecule has 0 spiro atoms. The summed E-state index contributed by atoms with van der Waals surface area (Å²) < 4.78 is 7.32. The van der Waals surface area contributed by atoms with Gasteiger partial charge in [0.05, 0.1) is 11.9 Å². The molecular weight excluding hydrogens is 364 g/mol. The number of anilines is 1. The Labute approximate surface area is 170 Å². The Morgan fingerprint density at radius 1 is 1.10 bits per heavy atom. The highest BCUT2D eigenvalue weighted by Crippen LogP contribution is 2.19. The fourth-order valence-electron chi connectivity index (χ4n) is 3.61. The van der Waals surface area contributed by atoms with E-state index in [0.717, 1.165) is 43.0 Å². The van der Waals surface area contributed by atoms with E-state index < -0.39 is 0 Å². The second kappa shape index (κ2) is 8.92. The summed E-state index contributed by atoms with van der Waals surface area (Å²) in [4.78, 5) is 19.4. The molecule has 0 unspecified atom stereocenters. The smallest absolute Gasteiger partial charge is 0.258 e. The van der Waals surface area contributed by atoms with Gasteiger partial charge in [0, 0.05) is 31.4 Å². The van der Waals surface area contributed by atoms with Crippen LogP contribution in [0.2, 0.25) is 0 Å². The van der Waals surface area contributed by atoms with Crippen molar-refractivity contribution in [3.8, 4) is 11.4 Å². The average Bonchev–Trinajstić information content (AvgIpc) is 2.79. The summed E-state index contributed by atoms with van der Waals surface area (Å²) in [5.74, 6) is 1.52. The molecule has 1 fully saturated rings. The highest BCUT2D eigenvalue weighted by molar-refractivity contribution is 5.44. The van der Waals surface area contributed by atoms with Gasteiger partial charge in [-0.05, 0) is 43.7 Å². The summed E-state index contributed by atoms with van der Waals surface area (Å²) in [6.07, 6.45) is 5.72. The van der Waals surface area contributed by atoms with E-state index in [2.05, 4.69) is 15.2 Å².